The molecular weight excluding hydrogens is 228 g/mol. The Morgan fingerprint density at radius 2 is 2.22 bits per heavy atom. The van der Waals surface area contributed by atoms with Gasteiger partial charge in [0.2, 0.25) is 5.91 Å². The number of nitrogens with one attached hydrogen (secondary N) is 2. The van der Waals surface area contributed by atoms with E-state index >= 15 is 0 Å². The third-order valence-corrected chi connectivity index (χ3v) is 3.26. The minimum absolute atomic E-state index is 0.128. The molecule has 0 aromatic heterocycles. The van der Waals surface area contributed by atoms with Crippen LogP contribution in [-0.2, 0) is 17.6 Å². The Balaban J connectivity index is 2.22. The van der Waals surface area contributed by atoms with Crippen molar-refractivity contribution in [3.63, 3.8) is 0 Å². The van der Waals surface area contributed by atoms with Gasteiger partial charge in [-0.25, -0.2) is 5.43 Å². The van der Waals surface area contributed by atoms with Crippen LogP contribution in [0.4, 0.5) is 5.69 Å². The minimum atomic E-state index is 0.128. The fourth-order valence-corrected chi connectivity index (χ4v) is 2.30. The number of nitrogens with two attached hydrogens (primary N) is 1. The summed E-state index contributed by atoms with van der Waals surface area (Å²) in [6.07, 6.45) is 2.39. The maximum atomic E-state index is 11.8. The van der Waals surface area contributed by atoms with Gasteiger partial charge in [-0.2, -0.15) is 0 Å². The van der Waals surface area contributed by atoms with Crippen molar-refractivity contribution in [3.8, 4) is 0 Å². The molecule has 1 aliphatic heterocycles. The second-order valence-corrected chi connectivity index (χ2v) is 4.50. The summed E-state index contributed by atoms with van der Waals surface area (Å²) in [4.78, 5) is 13.5. The van der Waals surface area contributed by atoms with Crippen LogP contribution in [0.2, 0.25) is 0 Å². The van der Waals surface area contributed by atoms with Gasteiger partial charge in [0.05, 0.1) is 6.67 Å². The Hall–Kier alpha value is -1.43. The fourth-order valence-electron chi connectivity index (χ4n) is 2.30. The number of rotatable bonds is 5. The molecule has 0 bridgehead atoms. The number of hydrogen-bond acceptors (Lipinski definition) is 4. The molecule has 0 radical (unpaired) electrons. The first kappa shape index (κ1) is 13.0. The summed E-state index contributed by atoms with van der Waals surface area (Å²) in [5.41, 5.74) is 6.07. The van der Waals surface area contributed by atoms with Crippen LogP contribution in [0, 0.1) is 0 Å². The highest BCUT2D eigenvalue weighted by molar-refractivity contribution is 5.96. The number of amides is 1. The first-order chi connectivity index (χ1) is 8.76. The second kappa shape index (κ2) is 5.95. The van der Waals surface area contributed by atoms with Crippen molar-refractivity contribution in [3.05, 3.63) is 29.3 Å². The van der Waals surface area contributed by atoms with Crippen LogP contribution in [0.5, 0.6) is 0 Å². The number of hydrazine groups is 1. The first-order valence-electron chi connectivity index (χ1n) is 6.26. The first-order valence-corrected chi connectivity index (χ1v) is 6.26. The molecule has 1 aromatic carbocycles. The summed E-state index contributed by atoms with van der Waals surface area (Å²) in [5.74, 6) is 5.45. The topological polar surface area (TPSA) is 70.4 Å². The molecule has 2 rings (SSSR count). The zero-order valence-corrected chi connectivity index (χ0v) is 10.7. The van der Waals surface area contributed by atoms with Crippen molar-refractivity contribution in [2.24, 2.45) is 5.84 Å². The maximum Gasteiger partial charge on any atom is 0.228 e. The summed E-state index contributed by atoms with van der Waals surface area (Å²) in [7, 11) is 1.95. The molecule has 1 aliphatic rings. The molecule has 1 aromatic rings. The normalized spacial score (nSPS) is 14.8. The van der Waals surface area contributed by atoms with Crippen LogP contribution >= 0.6 is 0 Å². The molecule has 4 N–H and O–H groups in total. The lowest BCUT2D eigenvalue weighted by molar-refractivity contribution is -0.119. The molecular formula is C13H20N4O. The minimum Gasteiger partial charge on any atom is -0.319 e. The summed E-state index contributed by atoms with van der Waals surface area (Å²) < 4.78 is 0. The molecule has 1 amide bonds. The van der Waals surface area contributed by atoms with Crippen molar-refractivity contribution in [1.82, 2.24) is 10.7 Å². The molecule has 1 heterocycles. The van der Waals surface area contributed by atoms with E-state index in [0.717, 1.165) is 25.1 Å². The van der Waals surface area contributed by atoms with Gasteiger partial charge in [0.15, 0.2) is 0 Å². The fraction of sp³-hybridized carbons (Fsp3) is 0.462. The van der Waals surface area contributed by atoms with Crippen LogP contribution < -0.4 is 21.5 Å². The number of benzene rings is 1. The van der Waals surface area contributed by atoms with E-state index in [-0.39, 0.29) is 5.91 Å². The largest absolute Gasteiger partial charge is 0.319 e. The molecule has 0 unspecified atom stereocenters. The van der Waals surface area contributed by atoms with Gasteiger partial charge in [-0.1, -0.05) is 12.1 Å². The number of carbonyl (C=O) groups is 1. The molecule has 0 saturated heterocycles. The summed E-state index contributed by atoms with van der Waals surface area (Å²) in [6.45, 7) is 1.33. The number of hydrogen-bond donors (Lipinski definition) is 3. The molecule has 0 saturated carbocycles. The molecule has 0 aliphatic carbocycles. The van der Waals surface area contributed by atoms with Crippen LogP contribution in [0.1, 0.15) is 17.5 Å². The SMILES string of the molecule is CNCCc1ccc2c(c1)CCC(=O)N2CNN. The van der Waals surface area contributed by atoms with Gasteiger partial charge in [0, 0.05) is 12.1 Å². The highest BCUT2D eigenvalue weighted by Gasteiger charge is 2.23. The Morgan fingerprint density at radius 3 is 2.94 bits per heavy atom. The monoisotopic (exact) mass is 248 g/mol. The van der Waals surface area contributed by atoms with Crippen LogP contribution in [0.15, 0.2) is 18.2 Å². The molecule has 5 heteroatoms. The van der Waals surface area contributed by atoms with Crippen LogP contribution in [-0.4, -0.2) is 26.2 Å². The number of anilines is 1. The van der Waals surface area contributed by atoms with Gasteiger partial charge in [0.1, 0.15) is 0 Å². The van der Waals surface area contributed by atoms with E-state index in [2.05, 4.69) is 22.9 Å². The van der Waals surface area contributed by atoms with E-state index in [4.69, 9.17) is 5.84 Å². The molecule has 18 heavy (non-hydrogen) atoms. The van der Waals surface area contributed by atoms with Gasteiger partial charge in [-0.05, 0) is 43.6 Å². The van der Waals surface area contributed by atoms with E-state index < -0.39 is 0 Å². The number of fused-ring (bicyclic) bond motifs is 1. The number of aryl methyl sites for hydroxylation is 1. The second-order valence-electron chi connectivity index (χ2n) is 4.50. The third-order valence-electron chi connectivity index (χ3n) is 3.26. The van der Waals surface area contributed by atoms with Crippen molar-refractivity contribution in [1.29, 1.82) is 0 Å². The Morgan fingerprint density at radius 1 is 1.39 bits per heavy atom. The Kier molecular flexibility index (Phi) is 4.30. The maximum absolute atomic E-state index is 11.8. The van der Waals surface area contributed by atoms with Crippen LogP contribution in [0.3, 0.4) is 0 Å². The molecule has 98 valence electrons. The highest BCUT2D eigenvalue weighted by Crippen LogP contribution is 2.28. The average Bonchev–Trinajstić information content (AvgIpc) is 2.39. The summed E-state index contributed by atoms with van der Waals surface area (Å²) in [6, 6.07) is 6.30. The standard InChI is InChI=1S/C13H20N4O/c1-15-7-6-10-2-4-12-11(8-10)3-5-13(18)17(12)9-16-14/h2,4,8,15-16H,3,5-7,9,14H2,1H3. The Bertz CT molecular complexity index is 433. The summed E-state index contributed by atoms with van der Waals surface area (Å²) in [5, 5.41) is 3.14. The van der Waals surface area contributed by atoms with Gasteiger partial charge in [-0.3, -0.25) is 15.5 Å². The van der Waals surface area contributed by atoms with E-state index in [0.29, 0.717) is 13.1 Å². The average molecular weight is 248 g/mol. The molecule has 0 fully saturated rings. The summed E-state index contributed by atoms with van der Waals surface area (Å²) >= 11 is 0. The van der Waals surface area contributed by atoms with E-state index in [1.165, 1.54) is 11.1 Å². The van der Waals surface area contributed by atoms with E-state index in [1.807, 2.05) is 13.1 Å². The zero-order chi connectivity index (χ0) is 13.0. The van der Waals surface area contributed by atoms with E-state index in [9.17, 15) is 4.79 Å². The van der Waals surface area contributed by atoms with E-state index in [1.54, 1.807) is 4.90 Å². The lowest BCUT2D eigenvalue weighted by Crippen LogP contribution is -2.44. The Labute approximate surface area is 107 Å². The quantitative estimate of drug-likeness (QED) is 0.512. The zero-order valence-electron chi connectivity index (χ0n) is 10.7. The highest BCUT2D eigenvalue weighted by atomic mass is 16.2. The predicted molar refractivity (Wildman–Crippen MR) is 72.1 cm³/mol. The lowest BCUT2D eigenvalue weighted by atomic mass is 9.98. The lowest BCUT2D eigenvalue weighted by Gasteiger charge is -2.29. The van der Waals surface area contributed by atoms with Crippen molar-refractivity contribution in [2.45, 2.75) is 19.3 Å². The van der Waals surface area contributed by atoms with Crippen LogP contribution in [0.25, 0.3) is 0 Å². The smallest absolute Gasteiger partial charge is 0.228 e. The molecule has 5 nitrogen and oxygen atoms in total. The third kappa shape index (κ3) is 2.69. The van der Waals surface area contributed by atoms with Crippen molar-refractivity contribution < 1.29 is 4.79 Å². The van der Waals surface area contributed by atoms with Gasteiger partial charge in [-0.15, -0.1) is 0 Å². The molecule has 0 spiro atoms. The number of likely N-dealkylation sites (N-methyl/N-ethyl adjacent to an activating group) is 1. The number of nitrogens with zero attached hydrogens (tertiary/aromatic N) is 1. The van der Waals surface area contributed by atoms with Gasteiger partial charge in [0.25, 0.3) is 0 Å². The van der Waals surface area contributed by atoms with Gasteiger partial charge < -0.3 is 5.32 Å². The predicted octanol–water partition coefficient (Wildman–Crippen LogP) is 0.149. The molecule has 0 atom stereocenters. The van der Waals surface area contributed by atoms with Crippen molar-refractivity contribution >= 4 is 11.6 Å². The number of carbonyl (C=O) groups excluding carboxylic acids is 1. The van der Waals surface area contributed by atoms with Gasteiger partial charge >= 0.3 is 0 Å². The van der Waals surface area contributed by atoms with Crippen molar-refractivity contribution in [2.75, 3.05) is 25.2 Å².